The van der Waals surface area contributed by atoms with E-state index in [0.717, 1.165) is 6.42 Å². The van der Waals surface area contributed by atoms with Crippen molar-refractivity contribution in [1.29, 1.82) is 0 Å². The molecule has 1 aliphatic carbocycles. The van der Waals surface area contributed by atoms with Gasteiger partial charge >= 0.3 is 0 Å². The van der Waals surface area contributed by atoms with Crippen LogP contribution in [0.25, 0.3) is 6.08 Å². The first kappa shape index (κ1) is 5.66. The standard InChI is InChI=1S/C9H9N/c1-2-7-5-6-10-9-4-3-8(7)9/h2,5-6H,1,3-4H2. The van der Waals surface area contributed by atoms with Crippen molar-refractivity contribution in [3.8, 4) is 0 Å². The van der Waals surface area contributed by atoms with Gasteiger partial charge in [-0.3, -0.25) is 4.98 Å². The third-order valence-corrected chi connectivity index (χ3v) is 2.01. The lowest BCUT2D eigenvalue weighted by Crippen LogP contribution is -2.12. The number of hydrogen-bond acceptors (Lipinski definition) is 1. The average Bonchev–Trinajstić information content (AvgIpc) is 1.91. The van der Waals surface area contributed by atoms with Crippen molar-refractivity contribution >= 4 is 6.08 Å². The quantitative estimate of drug-likeness (QED) is 0.566. The third-order valence-electron chi connectivity index (χ3n) is 2.01. The average molecular weight is 131 g/mol. The van der Waals surface area contributed by atoms with Crippen LogP contribution in [-0.4, -0.2) is 4.98 Å². The molecule has 1 aromatic heterocycles. The highest BCUT2D eigenvalue weighted by atomic mass is 14.7. The van der Waals surface area contributed by atoms with Gasteiger partial charge in [0.25, 0.3) is 0 Å². The van der Waals surface area contributed by atoms with E-state index in [1.807, 2.05) is 18.3 Å². The summed E-state index contributed by atoms with van der Waals surface area (Å²) in [5.74, 6) is 0. The Bertz CT molecular complexity index is 276. The lowest BCUT2D eigenvalue weighted by atomic mass is 9.90. The molecular formula is C9H9N. The molecule has 0 bridgehead atoms. The largest absolute Gasteiger partial charge is 0.261 e. The second kappa shape index (κ2) is 1.94. The molecule has 1 nitrogen and oxygen atoms in total. The van der Waals surface area contributed by atoms with E-state index in [1.165, 1.54) is 23.2 Å². The zero-order valence-electron chi connectivity index (χ0n) is 5.80. The first-order chi connectivity index (χ1) is 4.92. The highest BCUT2D eigenvalue weighted by Gasteiger charge is 2.15. The number of rotatable bonds is 1. The summed E-state index contributed by atoms with van der Waals surface area (Å²) >= 11 is 0. The van der Waals surface area contributed by atoms with Crippen LogP contribution in [0.15, 0.2) is 18.8 Å². The second-order valence-corrected chi connectivity index (χ2v) is 2.53. The van der Waals surface area contributed by atoms with Gasteiger partial charge in [-0.25, -0.2) is 0 Å². The predicted octanol–water partition coefficient (Wildman–Crippen LogP) is 1.82. The molecule has 1 heteroatoms. The molecule has 0 radical (unpaired) electrons. The van der Waals surface area contributed by atoms with Crippen molar-refractivity contribution in [2.24, 2.45) is 0 Å². The summed E-state index contributed by atoms with van der Waals surface area (Å²) in [6, 6.07) is 2.02. The first-order valence-corrected chi connectivity index (χ1v) is 3.51. The molecular weight excluding hydrogens is 122 g/mol. The Labute approximate surface area is 60.4 Å². The van der Waals surface area contributed by atoms with Crippen LogP contribution in [0.2, 0.25) is 0 Å². The number of hydrogen-bond donors (Lipinski definition) is 0. The molecule has 1 heterocycles. The van der Waals surface area contributed by atoms with Crippen LogP contribution in [0.1, 0.15) is 16.8 Å². The van der Waals surface area contributed by atoms with Crippen molar-refractivity contribution in [2.45, 2.75) is 12.8 Å². The van der Waals surface area contributed by atoms with Crippen LogP contribution >= 0.6 is 0 Å². The van der Waals surface area contributed by atoms with E-state index in [2.05, 4.69) is 11.6 Å². The number of aryl methyl sites for hydroxylation is 1. The van der Waals surface area contributed by atoms with Crippen molar-refractivity contribution in [3.63, 3.8) is 0 Å². The normalized spacial score (nSPS) is 13.6. The van der Waals surface area contributed by atoms with Crippen molar-refractivity contribution < 1.29 is 0 Å². The van der Waals surface area contributed by atoms with Gasteiger partial charge in [0.05, 0.1) is 0 Å². The fourth-order valence-corrected chi connectivity index (χ4v) is 1.31. The van der Waals surface area contributed by atoms with Crippen LogP contribution < -0.4 is 0 Å². The van der Waals surface area contributed by atoms with Crippen LogP contribution in [0, 0.1) is 0 Å². The maximum absolute atomic E-state index is 4.23. The van der Waals surface area contributed by atoms with Gasteiger partial charge in [0.1, 0.15) is 0 Å². The van der Waals surface area contributed by atoms with Gasteiger partial charge in [0.15, 0.2) is 0 Å². The molecule has 0 fully saturated rings. The Balaban J connectivity index is 2.60. The molecule has 50 valence electrons. The van der Waals surface area contributed by atoms with Gasteiger partial charge in [-0.05, 0) is 30.0 Å². The predicted molar refractivity (Wildman–Crippen MR) is 41.7 cm³/mol. The fourth-order valence-electron chi connectivity index (χ4n) is 1.31. The molecule has 0 saturated heterocycles. The lowest BCUT2D eigenvalue weighted by Gasteiger charge is -2.18. The van der Waals surface area contributed by atoms with E-state index in [4.69, 9.17) is 0 Å². The number of pyridine rings is 1. The van der Waals surface area contributed by atoms with Crippen LogP contribution in [0.4, 0.5) is 0 Å². The Morgan fingerprint density at radius 2 is 2.40 bits per heavy atom. The van der Waals surface area contributed by atoms with Crippen molar-refractivity contribution in [1.82, 2.24) is 4.98 Å². The van der Waals surface area contributed by atoms with E-state index in [0.29, 0.717) is 0 Å². The maximum Gasteiger partial charge on any atom is 0.0444 e. The Kier molecular flexibility index (Phi) is 1.10. The summed E-state index contributed by atoms with van der Waals surface area (Å²) in [4.78, 5) is 4.23. The summed E-state index contributed by atoms with van der Waals surface area (Å²) < 4.78 is 0. The molecule has 2 rings (SSSR count). The maximum atomic E-state index is 4.23. The minimum Gasteiger partial charge on any atom is -0.261 e. The zero-order valence-corrected chi connectivity index (χ0v) is 5.80. The molecule has 0 atom stereocenters. The Morgan fingerprint density at radius 1 is 1.50 bits per heavy atom. The molecule has 0 spiro atoms. The van der Waals surface area contributed by atoms with Crippen LogP contribution in [0.3, 0.4) is 0 Å². The van der Waals surface area contributed by atoms with Gasteiger partial charge in [-0.2, -0.15) is 0 Å². The minimum absolute atomic E-state index is 1.15. The van der Waals surface area contributed by atoms with Crippen molar-refractivity contribution in [2.75, 3.05) is 0 Å². The van der Waals surface area contributed by atoms with E-state index in [1.54, 1.807) is 0 Å². The van der Waals surface area contributed by atoms with Gasteiger partial charge < -0.3 is 0 Å². The van der Waals surface area contributed by atoms with Gasteiger partial charge in [-0.1, -0.05) is 12.7 Å². The molecule has 10 heavy (non-hydrogen) atoms. The number of aromatic nitrogens is 1. The van der Waals surface area contributed by atoms with E-state index in [9.17, 15) is 0 Å². The number of nitrogens with zero attached hydrogens (tertiary/aromatic N) is 1. The second-order valence-electron chi connectivity index (χ2n) is 2.53. The van der Waals surface area contributed by atoms with Crippen LogP contribution in [0.5, 0.6) is 0 Å². The smallest absolute Gasteiger partial charge is 0.0444 e. The van der Waals surface area contributed by atoms with E-state index in [-0.39, 0.29) is 0 Å². The number of fused-ring (bicyclic) bond motifs is 1. The lowest BCUT2D eigenvalue weighted by molar-refractivity contribution is 0.786. The summed E-state index contributed by atoms with van der Waals surface area (Å²) in [5.41, 5.74) is 3.92. The molecule has 0 aliphatic heterocycles. The molecule has 1 aromatic rings. The first-order valence-electron chi connectivity index (χ1n) is 3.51. The summed E-state index contributed by atoms with van der Waals surface area (Å²) in [5, 5.41) is 0. The summed E-state index contributed by atoms with van der Waals surface area (Å²) in [6.45, 7) is 3.74. The summed E-state index contributed by atoms with van der Waals surface area (Å²) in [7, 11) is 0. The monoisotopic (exact) mass is 131 g/mol. The molecule has 0 unspecified atom stereocenters. The Hall–Kier alpha value is -1.11. The molecule has 0 amide bonds. The van der Waals surface area contributed by atoms with E-state index >= 15 is 0 Å². The Morgan fingerprint density at radius 3 is 2.90 bits per heavy atom. The van der Waals surface area contributed by atoms with Gasteiger partial charge in [-0.15, -0.1) is 0 Å². The molecule has 1 aliphatic rings. The van der Waals surface area contributed by atoms with Gasteiger partial charge in [0, 0.05) is 11.9 Å². The summed E-state index contributed by atoms with van der Waals surface area (Å²) in [6.07, 6.45) is 6.09. The third kappa shape index (κ3) is 0.604. The fraction of sp³-hybridized carbons (Fsp3) is 0.222. The molecule has 0 aromatic carbocycles. The zero-order chi connectivity index (χ0) is 6.97. The van der Waals surface area contributed by atoms with Crippen LogP contribution in [-0.2, 0) is 12.8 Å². The van der Waals surface area contributed by atoms with Gasteiger partial charge in [0.2, 0.25) is 0 Å². The highest BCUT2D eigenvalue weighted by Crippen LogP contribution is 2.24. The topological polar surface area (TPSA) is 12.9 Å². The molecule has 0 N–H and O–H groups in total. The van der Waals surface area contributed by atoms with Crippen molar-refractivity contribution in [3.05, 3.63) is 35.7 Å². The highest BCUT2D eigenvalue weighted by molar-refractivity contribution is 5.55. The minimum atomic E-state index is 1.15. The van der Waals surface area contributed by atoms with E-state index < -0.39 is 0 Å². The molecule has 0 saturated carbocycles. The SMILES string of the molecule is C=Cc1ccnc2c1CC2.